The molecular weight excluding hydrogens is 436 g/mol. The molecule has 0 bridgehead atoms. The number of hydrogen-bond donors (Lipinski definition) is 0. The van der Waals surface area contributed by atoms with E-state index in [9.17, 15) is 4.79 Å². The predicted molar refractivity (Wildman–Crippen MR) is 140 cm³/mol. The molecule has 2 aromatic rings. The molecule has 0 aliphatic heterocycles. The molecule has 32 heavy (non-hydrogen) atoms. The standard InChI is InChI=1S/C28H39ClO2S/c1-4-6-7-8-9-10-11-12-21-32-26-19-15-24(16-20-26)23-13-17-25(18-14-23)31-28(30)27(29)22(3)5-2/h13-20,22,27H,4-12,21H2,1-3H3. The van der Waals surface area contributed by atoms with Gasteiger partial charge < -0.3 is 4.74 Å². The van der Waals surface area contributed by atoms with E-state index >= 15 is 0 Å². The molecule has 0 saturated heterocycles. The van der Waals surface area contributed by atoms with E-state index in [1.165, 1.54) is 62.0 Å². The highest BCUT2D eigenvalue weighted by molar-refractivity contribution is 7.99. The van der Waals surface area contributed by atoms with Gasteiger partial charge in [0.2, 0.25) is 0 Å². The summed E-state index contributed by atoms with van der Waals surface area (Å²) in [6.45, 7) is 6.24. The molecule has 2 aromatic carbocycles. The number of benzene rings is 2. The Balaban J connectivity index is 1.74. The lowest BCUT2D eigenvalue weighted by Crippen LogP contribution is -2.26. The number of ether oxygens (including phenoxy) is 1. The molecule has 0 heterocycles. The number of alkyl halides is 1. The van der Waals surface area contributed by atoms with Gasteiger partial charge in [-0.05, 0) is 53.5 Å². The van der Waals surface area contributed by atoms with Crippen molar-refractivity contribution in [3.63, 3.8) is 0 Å². The second kappa shape index (κ2) is 15.4. The van der Waals surface area contributed by atoms with Crippen molar-refractivity contribution in [3.05, 3.63) is 48.5 Å². The molecule has 2 unspecified atom stereocenters. The van der Waals surface area contributed by atoms with Gasteiger partial charge in [-0.1, -0.05) is 96.4 Å². The zero-order valence-corrected chi connectivity index (χ0v) is 21.5. The molecule has 2 atom stereocenters. The van der Waals surface area contributed by atoms with E-state index in [2.05, 4.69) is 31.2 Å². The third-order valence-electron chi connectivity index (χ3n) is 5.90. The van der Waals surface area contributed by atoms with E-state index in [1.54, 1.807) is 0 Å². The first kappa shape index (κ1) is 26.8. The van der Waals surface area contributed by atoms with Crippen molar-refractivity contribution >= 4 is 29.3 Å². The maximum atomic E-state index is 12.1. The summed E-state index contributed by atoms with van der Waals surface area (Å²) < 4.78 is 5.43. The Morgan fingerprint density at radius 1 is 0.844 bits per heavy atom. The Morgan fingerprint density at radius 3 is 1.94 bits per heavy atom. The van der Waals surface area contributed by atoms with Crippen LogP contribution in [0.4, 0.5) is 0 Å². The van der Waals surface area contributed by atoms with Crippen molar-refractivity contribution in [2.75, 3.05) is 5.75 Å². The maximum Gasteiger partial charge on any atom is 0.329 e. The molecule has 0 radical (unpaired) electrons. The van der Waals surface area contributed by atoms with Crippen LogP contribution in [0.15, 0.2) is 53.4 Å². The van der Waals surface area contributed by atoms with Crippen LogP contribution in [-0.4, -0.2) is 17.1 Å². The van der Waals surface area contributed by atoms with Gasteiger partial charge in [-0.3, -0.25) is 4.79 Å². The number of rotatable bonds is 15. The highest BCUT2D eigenvalue weighted by Crippen LogP contribution is 2.27. The zero-order chi connectivity index (χ0) is 23.2. The van der Waals surface area contributed by atoms with Gasteiger partial charge in [0.25, 0.3) is 0 Å². The lowest BCUT2D eigenvalue weighted by molar-refractivity contribution is -0.134. The van der Waals surface area contributed by atoms with Gasteiger partial charge in [0.05, 0.1) is 0 Å². The summed E-state index contributed by atoms with van der Waals surface area (Å²) in [6.07, 6.45) is 11.8. The minimum absolute atomic E-state index is 0.0929. The van der Waals surface area contributed by atoms with Crippen LogP contribution in [0.25, 0.3) is 11.1 Å². The summed E-state index contributed by atoms with van der Waals surface area (Å²) in [5, 5.41) is -0.615. The van der Waals surface area contributed by atoms with Crippen molar-refractivity contribution in [3.8, 4) is 16.9 Å². The molecule has 0 saturated carbocycles. The van der Waals surface area contributed by atoms with Crippen molar-refractivity contribution in [1.82, 2.24) is 0 Å². The molecule has 0 aliphatic carbocycles. The molecule has 0 aliphatic rings. The number of carbonyl (C=O) groups is 1. The summed E-state index contributed by atoms with van der Waals surface area (Å²) >= 11 is 8.12. The summed E-state index contributed by atoms with van der Waals surface area (Å²) in [6, 6.07) is 16.3. The molecule has 176 valence electrons. The summed E-state index contributed by atoms with van der Waals surface area (Å²) in [5.41, 5.74) is 2.27. The van der Waals surface area contributed by atoms with Crippen LogP contribution in [0.1, 0.15) is 78.6 Å². The fraction of sp³-hybridized carbons (Fsp3) is 0.536. The normalized spacial score (nSPS) is 13.0. The van der Waals surface area contributed by atoms with Crippen LogP contribution in [0.5, 0.6) is 5.75 Å². The second-order valence-electron chi connectivity index (χ2n) is 8.58. The highest BCUT2D eigenvalue weighted by Gasteiger charge is 2.23. The fourth-order valence-electron chi connectivity index (χ4n) is 3.50. The van der Waals surface area contributed by atoms with Crippen LogP contribution in [-0.2, 0) is 4.79 Å². The summed E-state index contributed by atoms with van der Waals surface area (Å²) in [7, 11) is 0. The van der Waals surface area contributed by atoms with E-state index < -0.39 is 5.38 Å². The second-order valence-corrected chi connectivity index (χ2v) is 10.2. The lowest BCUT2D eigenvalue weighted by Gasteiger charge is -2.15. The highest BCUT2D eigenvalue weighted by atomic mass is 35.5. The Hall–Kier alpha value is -1.45. The van der Waals surface area contributed by atoms with Gasteiger partial charge in [0.1, 0.15) is 11.1 Å². The molecule has 4 heteroatoms. The number of carbonyl (C=O) groups excluding carboxylic acids is 1. The third kappa shape index (κ3) is 9.58. The molecule has 0 aromatic heterocycles. The molecule has 0 fully saturated rings. The van der Waals surface area contributed by atoms with E-state index in [0.29, 0.717) is 5.75 Å². The van der Waals surface area contributed by atoms with Gasteiger partial charge in [0, 0.05) is 4.90 Å². The number of esters is 1. The molecular formula is C28H39ClO2S. The van der Waals surface area contributed by atoms with Crippen LogP contribution in [0.3, 0.4) is 0 Å². The largest absolute Gasteiger partial charge is 0.425 e. The van der Waals surface area contributed by atoms with E-state index in [-0.39, 0.29) is 11.9 Å². The van der Waals surface area contributed by atoms with Crippen LogP contribution in [0.2, 0.25) is 0 Å². The quantitative estimate of drug-likeness (QED) is 0.0845. The lowest BCUT2D eigenvalue weighted by atomic mass is 10.0. The molecule has 0 spiro atoms. The average Bonchev–Trinajstić information content (AvgIpc) is 2.83. The average molecular weight is 475 g/mol. The van der Waals surface area contributed by atoms with Crippen molar-refractivity contribution in [1.29, 1.82) is 0 Å². The first-order valence-corrected chi connectivity index (χ1v) is 13.7. The maximum absolute atomic E-state index is 12.1. The van der Waals surface area contributed by atoms with E-state index in [0.717, 1.165) is 17.5 Å². The van der Waals surface area contributed by atoms with E-state index in [1.807, 2.05) is 49.9 Å². The van der Waals surface area contributed by atoms with Crippen molar-refractivity contribution in [2.24, 2.45) is 5.92 Å². The smallest absolute Gasteiger partial charge is 0.329 e. The Kier molecular flexibility index (Phi) is 12.9. The van der Waals surface area contributed by atoms with Gasteiger partial charge >= 0.3 is 5.97 Å². The van der Waals surface area contributed by atoms with Crippen molar-refractivity contribution < 1.29 is 9.53 Å². The molecule has 2 rings (SSSR count). The predicted octanol–water partition coefficient (Wildman–Crippen LogP) is 9.15. The number of thioether (sulfide) groups is 1. The minimum atomic E-state index is -0.615. The molecule has 0 N–H and O–H groups in total. The number of hydrogen-bond acceptors (Lipinski definition) is 3. The van der Waals surface area contributed by atoms with Crippen LogP contribution < -0.4 is 4.74 Å². The minimum Gasteiger partial charge on any atom is -0.425 e. The first-order chi connectivity index (χ1) is 15.5. The Labute approximate surface area is 204 Å². The number of halogens is 1. The van der Waals surface area contributed by atoms with Crippen LogP contribution in [0, 0.1) is 5.92 Å². The number of unbranched alkanes of at least 4 members (excludes halogenated alkanes) is 7. The van der Waals surface area contributed by atoms with Gasteiger partial charge in [-0.25, -0.2) is 0 Å². The van der Waals surface area contributed by atoms with Gasteiger partial charge in [-0.2, -0.15) is 0 Å². The Bertz CT molecular complexity index is 773. The van der Waals surface area contributed by atoms with Gasteiger partial charge in [0.15, 0.2) is 0 Å². The summed E-state index contributed by atoms with van der Waals surface area (Å²) in [4.78, 5) is 13.5. The van der Waals surface area contributed by atoms with Crippen molar-refractivity contribution in [2.45, 2.75) is 88.8 Å². The molecule has 2 nitrogen and oxygen atoms in total. The van der Waals surface area contributed by atoms with Gasteiger partial charge in [-0.15, -0.1) is 23.4 Å². The first-order valence-electron chi connectivity index (χ1n) is 12.2. The zero-order valence-electron chi connectivity index (χ0n) is 19.9. The topological polar surface area (TPSA) is 26.3 Å². The third-order valence-corrected chi connectivity index (χ3v) is 7.60. The van der Waals surface area contributed by atoms with E-state index in [4.69, 9.17) is 16.3 Å². The summed E-state index contributed by atoms with van der Waals surface area (Å²) in [5.74, 6) is 1.43. The van der Waals surface area contributed by atoms with Crippen LogP contribution >= 0.6 is 23.4 Å². The fourth-order valence-corrected chi connectivity index (χ4v) is 4.63. The SMILES string of the molecule is CCCCCCCCCCSc1ccc(-c2ccc(OC(=O)C(Cl)C(C)CC)cc2)cc1. The monoisotopic (exact) mass is 474 g/mol. The molecule has 0 amide bonds. The Morgan fingerprint density at radius 2 is 1.38 bits per heavy atom.